The third-order valence-corrected chi connectivity index (χ3v) is 2.28. The van der Waals surface area contributed by atoms with Crippen LogP contribution in [-0.2, 0) is 0 Å². The zero-order chi connectivity index (χ0) is 9.42. The van der Waals surface area contributed by atoms with Gasteiger partial charge in [-0.05, 0) is 18.7 Å². The maximum atomic E-state index is 8.81. The molecule has 0 aliphatic rings. The molecule has 1 N–H and O–H groups in total. The Morgan fingerprint density at radius 2 is 2.38 bits per heavy atom. The summed E-state index contributed by atoms with van der Waals surface area (Å²) in [5.74, 6) is 0. The fourth-order valence-corrected chi connectivity index (χ4v) is 1.56. The van der Waals surface area contributed by atoms with Gasteiger partial charge in [-0.15, -0.1) is 0 Å². The molecule has 0 saturated carbocycles. The monoisotopic (exact) mass is 169 g/mol. The Morgan fingerprint density at radius 1 is 1.62 bits per heavy atom. The van der Waals surface area contributed by atoms with Crippen molar-refractivity contribution in [2.75, 3.05) is 0 Å². The largest absolute Gasteiger partial charge is 0.347 e. The minimum atomic E-state index is 0.648. The van der Waals surface area contributed by atoms with E-state index in [0.29, 0.717) is 5.56 Å². The second-order valence-corrected chi connectivity index (χ2v) is 3.10. The standard InChI is InChI=1S/C9H8BN3/c1-5-6(2-11)3-12-9-8(5)7(10)4-13-9/h3-4H,10H2,1H3,(H,12,13). The highest BCUT2D eigenvalue weighted by Gasteiger charge is 2.07. The normalized spacial score (nSPS) is 10.2. The summed E-state index contributed by atoms with van der Waals surface area (Å²) in [6.07, 6.45) is 3.51. The summed E-state index contributed by atoms with van der Waals surface area (Å²) in [5.41, 5.74) is 3.65. The van der Waals surface area contributed by atoms with E-state index in [1.165, 1.54) is 0 Å². The molecule has 2 aromatic rings. The predicted octanol–water partition coefficient (Wildman–Crippen LogP) is 0.00140. The molecule has 62 valence electrons. The maximum absolute atomic E-state index is 8.81. The van der Waals surface area contributed by atoms with E-state index in [9.17, 15) is 0 Å². The van der Waals surface area contributed by atoms with E-state index in [4.69, 9.17) is 5.26 Å². The third kappa shape index (κ3) is 1.01. The number of rotatable bonds is 0. The number of nitriles is 1. The van der Waals surface area contributed by atoms with Crippen LogP contribution in [0.15, 0.2) is 12.4 Å². The van der Waals surface area contributed by atoms with Gasteiger partial charge in [0.2, 0.25) is 0 Å². The number of fused-ring (bicyclic) bond motifs is 1. The van der Waals surface area contributed by atoms with Crippen LogP contribution in [0.4, 0.5) is 0 Å². The lowest BCUT2D eigenvalue weighted by atomic mass is 9.93. The van der Waals surface area contributed by atoms with Crippen LogP contribution in [0.2, 0.25) is 0 Å². The predicted molar refractivity (Wildman–Crippen MR) is 53.7 cm³/mol. The molecule has 13 heavy (non-hydrogen) atoms. The number of nitrogens with zero attached hydrogens (tertiary/aromatic N) is 2. The quantitative estimate of drug-likeness (QED) is 0.564. The van der Waals surface area contributed by atoms with Crippen LogP contribution in [0.5, 0.6) is 0 Å². The zero-order valence-corrected chi connectivity index (χ0v) is 7.55. The van der Waals surface area contributed by atoms with Crippen molar-refractivity contribution in [3.05, 3.63) is 23.5 Å². The van der Waals surface area contributed by atoms with E-state index in [1.807, 2.05) is 21.0 Å². The molecule has 2 rings (SSSR count). The molecular weight excluding hydrogens is 161 g/mol. The second kappa shape index (κ2) is 2.63. The zero-order valence-electron chi connectivity index (χ0n) is 7.55. The number of aromatic nitrogens is 2. The van der Waals surface area contributed by atoms with Crippen LogP contribution in [0.3, 0.4) is 0 Å². The molecule has 0 aromatic carbocycles. The van der Waals surface area contributed by atoms with E-state index in [2.05, 4.69) is 16.0 Å². The number of hydrogen-bond donors (Lipinski definition) is 1. The van der Waals surface area contributed by atoms with E-state index in [0.717, 1.165) is 22.1 Å². The van der Waals surface area contributed by atoms with Crippen LogP contribution in [0.1, 0.15) is 11.1 Å². The van der Waals surface area contributed by atoms with Crippen molar-refractivity contribution in [3.8, 4) is 6.07 Å². The average molecular weight is 169 g/mol. The van der Waals surface area contributed by atoms with Gasteiger partial charge in [0.05, 0.1) is 5.56 Å². The van der Waals surface area contributed by atoms with Gasteiger partial charge in [0, 0.05) is 11.6 Å². The van der Waals surface area contributed by atoms with Crippen molar-refractivity contribution >= 4 is 24.3 Å². The van der Waals surface area contributed by atoms with Crippen molar-refractivity contribution in [1.29, 1.82) is 5.26 Å². The van der Waals surface area contributed by atoms with Gasteiger partial charge in [0.15, 0.2) is 0 Å². The van der Waals surface area contributed by atoms with E-state index in [-0.39, 0.29) is 0 Å². The van der Waals surface area contributed by atoms with Crippen molar-refractivity contribution in [1.82, 2.24) is 9.97 Å². The fourth-order valence-electron chi connectivity index (χ4n) is 1.56. The molecule has 0 amide bonds. The van der Waals surface area contributed by atoms with Gasteiger partial charge < -0.3 is 4.98 Å². The molecule has 0 aliphatic carbocycles. The number of hydrogen-bond acceptors (Lipinski definition) is 2. The first kappa shape index (κ1) is 7.87. The topological polar surface area (TPSA) is 52.5 Å². The van der Waals surface area contributed by atoms with Gasteiger partial charge in [0.25, 0.3) is 0 Å². The van der Waals surface area contributed by atoms with Crippen molar-refractivity contribution in [2.45, 2.75) is 6.92 Å². The van der Waals surface area contributed by atoms with Crippen LogP contribution in [0.25, 0.3) is 11.0 Å². The number of nitrogens with one attached hydrogen (secondary N) is 1. The van der Waals surface area contributed by atoms with Gasteiger partial charge in [0.1, 0.15) is 19.6 Å². The molecule has 0 atom stereocenters. The number of pyridine rings is 1. The van der Waals surface area contributed by atoms with E-state index < -0.39 is 0 Å². The summed E-state index contributed by atoms with van der Waals surface area (Å²) in [7, 11) is 2.01. The van der Waals surface area contributed by atoms with Crippen molar-refractivity contribution < 1.29 is 0 Å². The molecule has 0 bridgehead atoms. The molecule has 2 aromatic heterocycles. The van der Waals surface area contributed by atoms with Crippen LogP contribution < -0.4 is 5.46 Å². The minimum Gasteiger partial charge on any atom is -0.347 e. The fraction of sp³-hybridized carbons (Fsp3) is 0.111. The number of aromatic amines is 1. The highest BCUT2D eigenvalue weighted by molar-refractivity contribution is 6.39. The van der Waals surface area contributed by atoms with Gasteiger partial charge >= 0.3 is 0 Å². The lowest BCUT2D eigenvalue weighted by molar-refractivity contribution is 1.28. The smallest absolute Gasteiger partial charge is 0.142 e. The Bertz CT molecular complexity index is 507. The Balaban J connectivity index is 2.93. The first-order valence-electron chi connectivity index (χ1n) is 4.07. The molecule has 0 fully saturated rings. The summed E-state index contributed by atoms with van der Waals surface area (Å²) in [6, 6.07) is 2.13. The lowest BCUT2D eigenvalue weighted by Crippen LogP contribution is -2.00. The highest BCUT2D eigenvalue weighted by atomic mass is 14.8. The molecule has 0 aliphatic heterocycles. The minimum absolute atomic E-state index is 0.648. The SMILES string of the molecule is Bc1c[nH]c2ncc(C#N)c(C)c12. The Hall–Kier alpha value is -1.76. The van der Waals surface area contributed by atoms with Crippen LogP contribution in [-0.4, -0.2) is 17.8 Å². The summed E-state index contributed by atoms with van der Waals surface area (Å²) in [4.78, 5) is 7.22. The highest BCUT2D eigenvalue weighted by Crippen LogP contribution is 2.15. The second-order valence-electron chi connectivity index (χ2n) is 3.10. The van der Waals surface area contributed by atoms with Gasteiger partial charge in [-0.1, -0.05) is 5.46 Å². The molecule has 0 unspecified atom stereocenters. The van der Waals surface area contributed by atoms with Gasteiger partial charge in [-0.3, -0.25) is 0 Å². The first-order chi connectivity index (χ1) is 6.24. The van der Waals surface area contributed by atoms with Crippen LogP contribution in [0, 0.1) is 18.3 Å². The Labute approximate surface area is 76.8 Å². The summed E-state index contributed by atoms with van der Waals surface area (Å²) >= 11 is 0. The van der Waals surface area contributed by atoms with Crippen LogP contribution >= 0.6 is 0 Å². The number of H-pyrrole nitrogens is 1. The Kier molecular flexibility index (Phi) is 1.59. The molecule has 0 saturated heterocycles. The number of aryl methyl sites for hydroxylation is 1. The summed E-state index contributed by atoms with van der Waals surface area (Å²) in [5, 5.41) is 9.87. The third-order valence-electron chi connectivity index (χ3n) is 2.28. The maximum Gasteiger partial charge on any atom is 0.142 e. The molecule has 4 heteroatoms. The van der Waals surface area contributed by atoms with E-state index >= 15 is 0 Å². The van der Waals surface area contributed by atoms with E-state index in [1.54, 1.807) is 6.20 Å². The van der Waals surface area contributed by atoms with Gasteiger partial charge in [-0.25, -0.2) is 4.98 Å². The van der Waals surface area contributed by atoms with Crippen molar-refractivity contribution in [3.63, 3.8) is 0 Å². The first-order valence-corrected chi connectivity index (χ1v) is 4.07. The average Bonchev–Trinajstić information content (AvgIpc) is 2.49. The molecule has 0 spiro atoms. The Morgan fingerprint density at radius 3 is 3.08 bits per heavy atom. The lowest BCUT2D eigenvalue weighted by Gasteiger charge is -1.98. The molecule has 0 radical (unpaired) electrons. The molecular formula is C9H8BN3. The molecule has 3 nitrogen and oxygen atoms in total. The van der Waals surface area contributed by atoms with Crippen molar-refractivity contribution in [2.24, 2.45) is 0 Å². The summed E-state index contributed by atoms with van der Waals surface area (Å²) < 4.78 is 0. The summed E-state index contributed by atoms with van der Waals surface area (Å²) in [6.45, 7) is 1.95. The van der Waals surface area contributed by atoms with Gasteiger partial charge in [-0.2, -0.15) is 5.26 Å². The molecule has 2 heterocycles.